The predicted octanol–water partition coefficient (Wildman–Crippen LogP) is 3.41. The molecule has 0 saturated carbocycles. The maximum atomic E-state index is 6.15. The molecule has 3 aromatic rings. The van der Waals surface area contributed by atoms with Gasteiger partial charge in [-0.3, -0.25) is 0 Å². The molecule has 0 fully saturated rings. The van der Waals surface area contributed by atoms with Crippen molar-refractivity contribution in [2.24, 2.45) is 10.2 Å². The number of alkyl halides is 1. The van der Waals surface area contributed by atoms with Gasteiger partial charge in [-0.05, 0) is 35.4 Å². The molecule has 0 atom stereocenters. The monoisotopic (exact) mass is 409 g/mol. The molecule has 3 rings (SSSR count). The van der Waals surface area contributed by atoms with E-state index in [9.17, 15) is 0 Å². The molecule has 0 aliphatic heterocycles. The molecule has 0 aliphatic carbocycles. The molecule has 0 aliphatic rings. The number of halogens is 1. The Balaban J connectivity index is 1.75. The van der Waals surface area contributed by atoms with Gasteiger partial charge in [0, 0.05) is 39.6 Å². The summed E-state index contributed by atoms with van der Waals surface area (Å²) in [6.07, 6.45) is 7.30. The minimum Gasteiger partial charge on any atom is -0.378 e. The molecule has 1 aromatic heterocycles. The fraction of sp³-hybridized carbons (Fsp3) is 0.227. The molecule has 1 heterocycles. The smallest absolute Gasteiger partial charge is 0.322 e. The van der Waals surface area contributed by atoms with E-state index in [2.05, 4.69) is 44.3 Å². The van der Waals surface area contributed by atoms with Crippen LogP contribution in [-0.2, 0) is 5.88 Å². The van der Waals surface area contributed by atoms with Crippen LogP contribution in [0.2, 0.25) is 0 Å². The van der Waals surface area contributed by atoms with Crippen molar-refractivity contribution >= 4 is 35.4 Å². The number of anilines is 2. The van der Waals surface area contributed by atoms with E-state index in [0.717, 1.165) is 28.3 Å². The van der Waals surface area contributed by atoms with E-state index in [1.54, 1.807) is 9.35 Å². The van der Waals surface area contributed by atoms with Gasteiger partial charge in [0.2, 0.25) is 0 Å². The van der Waals surface area contributed by atoms with E-state index in [-0.39, 0.29) is 0 Å². The van der Waals surface area contributed by atoms with Crippen LogP contribution in [0.5, 0.6) is 0 Å². The number of nitrogens with zero attached hydrogens (tertiary/aromatic N) is 6. The zero-order valence-electron chi connectivity index (χ0n) is 17.2. The molecule has 0 amide bonds. The van der Waals surface area contributed by atoms with Gasteiger partial charge in [0.15, 0.2) is 12.4 Å². The first-order valence-electron chi connectivity index (χ1n) is 9.29. The fourth-order valence-corrected chi connectivity index (χ4v) is 2.96. The van der Waals surface area contributed by atoms with Crippen LogP contribution in [0.4, 0.5) is 11.4 Å². The van der Waals surface area contributed by atoms with E-state index in [1.807, 2.05) is 77.3 Å². The van der Waals surface area contributed by atoms with E-state index < -0.39 is 0 Å². The first-order chi connectivity index (χ1) is 14.0. The average Bonchev–Trinajstić information content (AvgIpc) is 3.13. The Morgan fingerprint density at radius 1 is 0.862 bits per heavy atom. The van der Waals surface area contributed by atoms with Gasteiger partial charge < -0.3 is 9.80 Å². The van der Waals surface area contributed by atoms with Crippen LogP contribution < -0.4 is 14.5 Å². The summed E-state index contributed by atoms with van der Waals surface area (Å²) in [5.41, 5.74) is 4.33. The Bertz CT molecular complexity index is 906. The molecule has 0 bridgehead atoms. The Morgan fingerprint density at radius 2 is 1.38 bits per heavy atom. The summed E-state index contributed by atoms with van der Waals surface area (Å²) in [5, 5.41) is 9.04. The van der Waals surface area contributed by atoms with Gasteiger partial charge in [-0.1, -0.05) is 34.5 Å². The van der Waals surface area contributed by atoms with Crippen LogP contribution in [0.1, 0.15) is 17.0 Å². The third-order valence-electron chi connectivity index (χ3n) is 4.48. The summed E-state index contributed by atoms with van der Waals surface area (Å²) in [6, 6.07) is 16.4. The highest BCUT2D eigenvalue weighted by atomic mass is 35.5. The molecule has 7 heteroatoms. The van der Waals surface area contributed by atoms with Crippen LogP contribution in [0, 0.1) is 0 Å². The average molecular weight is 410 g/mol. The Hall–Kier alpha value is -3.12. The second-order valence-corrected chi connectivity index (χ2v) is 7.27. The summed E-state index contributed by atoms with van der Waals surface area (Å²) in [6.45, 7) is 0. The van der Waals surface area contributed by atoms with Crippen molar-refractivity contribution in [3.05, 3.63) is 77.9 Å². The summed E-state index contributed by atoms with van der Waals surface area (Å²) in [4.78, 5) is 4.13. The number of aromatic nitrogens is 2. The highest BCUT2D eigenvalue weighted by Gasteiger charge is 2.15. The lowest BCUT2D eigenvalue weighted by atomic mass is 10.2. The molecule has 0 spiro atoms. The number of benzene rings is 2. The lowest BCUT2D eigenvalue weighted by Crippen LogP contribution is -2.30. The predicted molar refractivity (Wildman–Crippen MR) is 122 cm³/mol. The van der Waals surface area contributed by atoms with Crippen molar-refractivity contribution in [1.29, 1.82) is 0 Å². The summed E-state index contributed by atoms with van der Waals surface area (Å²) in [5.74, 6) is 1.06. The van der Waals surface area contributed by atoms with Crippen LogP contribution in [0.15, 0.2) is 71.1 Å². The lowest BCUT2D eigenvalue weighted by molar-refractivity contribution is -0.684. The van der Waals surface area contributed by atoms with Gasteiger partial charge in [-0.15, -0.1) is 21.0 Å². The van der Waals surface area contributed by atoms with E-state index in [1.165, 1.54) is 0 Å². The van der Waals surface area contributed by atoms with Gasteiger partial charge in [0.25, 0.3) is 0 Å². The molecule has 0 N–H and O–H groups in total. The van der Waals surface area contributed by atoms with Gasteiger partial charge in [0.1, 0.15) is 5.88 Å². The highest BCUT2D eigenvalue weighted by Crippen LogP contribution is 2.12. The van der Waals surface area contributed by atoms with Crippen LogP contribution in [-0.4, -0.2) is 45.3 Å². The largest absolute Gasteiger partial charge is 0.378 e. The number of hydrogen-bond donors (Lipinski definition) is 0. The minimum atomic E-state index is 0.292. The first kappa shape index (κ1) is 20.6. The summed E-state index contributed by atoms with van der Waals surface area (Å²) < 4.78 is 3.47. The van der Waals surface area contributed by atoms with Gasteiger partial charge in [-0.25, -0.2) is 0 Å². The molecule has 0 unspecified atom stereocenters. The van der Waals surface area contributed by atoms with Crippen molar-refractivity contribution in [3.63, 3.8) is 0 Å². The maximum Gasteiger partial charge on any atom is 0.322 e. The molecular weight excluding hydrogens is 384 g/mol. The SMILES string of the molecule is CN(C)c1ccc(/C=N/n2cc[n+](/N=C/c3ccc(N(C)C)cc3)c2CCl)cc1. The number of rotatable bonds is 7. The van der Waals surface area contributed by atoms with Crippen LogP contribution >= 0.6 is 11.6 Å². The maximum absolute atomic E-state index is 6.15. The number of hydrogen-bond acceptors (Lipinski definition) is 4. The Kier molecular flexibility index (Phi) is 6.67. The lowest BCUT2D eigenvalue weighted by Gasteiger charge is -2.11. The molecular formula is C22H26ClN6+. The molecule has 2 aromatic carbocycles. The molecule has 0 saturated heterocycles. The van der Waals surface area contributed by atoms with Crippen molar-refractivity contribution in [2.45, 2.75) is 5.88 Å². The second-order valence-electron chi connectivity index (χ2n) is 7.00. The Labute approximate surface area is 177 Å². The second kappa shape index (κ2) is 9.39. The molecule has 150 valence electrons. The van der Waals surface area contributed by atoms with Crippen LogP contribution in [0.3, 0.4) is 0 Å². The van der Waals surface area contributed by atoms with Crippen molar-refractivity contribution < 1.29 is 4.68 Å². The standard InChI is InChI=1S/C22H26ClN6/c1-26(2)20-9-5-18(6-10-20)16-24-28-13-14-29(22(28)15-23)25-17-19-7-11-21(12-8-19)27(3)4/h5-14,16-17H,15H2,1-4H3/q+1/b24-16+,25-17+. The van der Waals surface area contributed by atoms with Gasteiger partial charge in [-0.2, -0.15) is 0 Å². The molecule has 0 radical (unpaired) electrons. The van der Waals surface area contributed by atoms with E-state index >= 15 is 0 Å². The van der Waals surface area contributed by atoms with Crippen molar-refractivity contribution in [1.82, 2.24) is 4.68 Å². The van der Waals surface area contributed by atoms with Crippen LogP contribution in [0.25, 0.3) is 0 Å². The molecule has 29 heavy (non-hydrogen) atoms. The highest BCUT2D eigenvalue weighted by molar-refractivity contribution is 6.16. The third-order valence-corrected chi connectivity index (χ3v) is 4.72. The van der Waals surface area contributed by atoms with Gasteiger partial charge >= 0.3 is 5.82 Å². The van der Waals surface area contributed by atoms with E-state index in [0.29, 0.717) is 5.88 Å². The van der Waals surface area contributed by atoms with E-state index in [4.69, 9.17) is 11.6 Å². The zero-order chi connectivity index (χ0) is 20.8. The zero-order valence-corrected chi connectivity index (χ0v) is 18.0. The quantitative estimate of drug-likeness (QED) is 0.341. The fourth-order valence-electron chi connectivity index (χ4n) is 2.71. The normalized spacial score (nSPS) is 11.5. The summed E-state index contributed by atoms with van der Waals surface area (Å²) >= 11 is 6.15. The summed E-state index contributed by atoms with van der Waals surface area (Å²) in [7, 11) is 8.08. The van der Waals surface area contributed by atoms with Crippen molar-refractivity contribution in [3.8, 4) is 0 Å². The molecule has 6 nitrogen and oxygen atoms in total. The van der Waals surface area contributed by atoms with Crippen molar-refractivity contribution in [2.75, 3.05) is 38.0 Å². The topological polar surface area (TPSA) is 40.0 Å². The number of imidazole rings is 1. The van der Waals surface area contributed by atoms with Gasteiger partial charge in [0.05, 0.1) is 12.4 Å². The Morgan fingerprint density at radius 3 is 1.86 bits per heavy atom. The minimum absolute atomic E-state index is 0.292. The third kappa shape index (κ3) is 5.23. The first-order valence-corrected chi connectivity index (χ1v) is 9.82.